The van der Waals surface area contributed by atoms with Crippen LogP contribution in [0.4, 0.5) is 0 Å². The van der Waals surface area contributed by atoms with Crippen LogP contribution in [0, 0.1) is 0 Å². The zero-order valence-electron chi connectivity index (χ0n) is 15.9. The van der Waals surface area contributed by atoms with Crippen LogP contribution in [0.15, 0.2) is 24.8 Å². The van der Waals surface area contributed by atoms with Crippen molar-refractivity contribution in [3.63, 3.8) is 0 Å². The molecular formula is C21H36O4. The van der Waals surface area contributed by atoms with Gasteiger partial charge in [0.2, 0.25) is 0 Å². The lowest BCUT2D eigenvalue weighted by Crippen LogP contribution is -2.16. The highest BCUT2D eigenvalue weighted by atomic mass is 16.5. The van der Waals surface area contributed by atoms with E-state index in [4.69, 9.17) is 9.84 Å². The van der Waals surface area contributed by atoms with Gasteiger partial charge in [-0.15, -0.1) is 0 Å². The van der Waals surface area contributed by atoms with Crippen LogP contribution in [0.5, 0.6) is 0 Å². The summed E-state index contributed by atoms with van der Waals surface area (Å²) in [6, 6.07) is 0. The first kappa shape index (κ1) is 23.4. The number of ether oxygens (including phenoxy) is 1. The van der Waals surface area contributed by atoms with E-state index >= 15 is 0 Å². The molecule has 0 amide bonds. The second kappa shape index (κ2) is 17.2. The molecule has 0 spiro atoms. The van der Waals surface area contributed by atoms with E-state index in [2.05, 4.69) is 25.7 Å². The number of rotatable bonds is 17. The Morgan fingerprint density at radius 2 is 1.68 bits per heavy atom. The number of hydrogen-bond acceptors (Lipinski definition) is 3. The minimum atomic E-state index is -0.704. The van der Waals surface area contributed by atoms with Crippen molar-refractivity contribution < 1.29 is 19.4 Å². The van der Waals surface area contributed by atoms with E-state index in [-0.39, 0.29) is 18.5 Å². The van der Waals surface area contributed by atoms with Crippen LogP contribution in [0.1, 0.15) is 90.4 Å². The van der Waals surface area contributed by atoms with Crippen LogP contribution in [0.25, 0.3) is 0 Å². The standard InChI is InChI=1S/C21H36O4/c1-3-5-6-13-16-19(25-21(24)4-2)17-14-11-9-7-8-10-12-15-18-20(22)23/h4,11,14,19H,2-3,5-10,12-13,15-18H2,1H3,(H,22,23)/b14-11+. The summed E-state index contributed by atoms with van der Waals surface area (Å²) in [6.45, 7) is 5.64. The largest absolute Gasteiger partial charge is 0.481 e. The SMILES string of the molecule is C=CC(=O)OC(C/C=C/CCCCCCCC(=O)O)CCCCCC. The van der Waals surface area contributed by atoms with Crippen LogP contribution >= 0.6 is 0 Å². The highest BCUT2D eigenvalue weighted by Gasteiger charge is 2.10. The predicted octanol–water partition coefficient (Wildman–Crippen LogP) is 5.82. The van der Waals surface area contributed by atoms with Gasteiger partial charge in [0.1, 0.15) is 6.10 Å². The molecule has 0 aromatic carbocycles. The van der Waals surface area contributed by atoms with Crippen LogP contribution in [-0.4, -0.2) is 23.1 Å². The van der Waals surface area contributed by atoms with E-state index in [1.165, 1.54) is 25.3 Å². The third-order valence-electron chi connectivity index (χ3n) is 4.16. The van der Waals surface area contributed by atoms with E-state index < -0.39 is 5.97 Å². The van der Waals surface area contributed by atoms with Crippen molar-refractivity contribution in [2.45, 2.75) is 96.5 Å². The highest BCUT2D eigenvalue weighted by molar-refractivity contribution is 5.81. The normalized spacial score (nSPS) is 12.2. The maximum Gasteiger partial charge on any atom is 0.330 e. The average molecular weight is 353 g/mol. The van der Waals surface area contributed by atoms with E-state index in [1.54, 1.807) is 0 Å². The first-order chi connectivity index (χ1) is 12.1. The van der Waals surface area contributed by atoms with Crippen molar-refractivity contribution in [1.29, 1.82) is 0 Å². The molecular weight excluding hydrogens is 316 g/mol. The van der Waals surface area contributed by atoms with Crippen molar-refractivity contribution in [3.05, 3.63) is 24.8 Å². The Morgan fingerprint density at radius 3 is 2.36 bits per heavy atom. The molecule has 0 aliphatic rings. The molecule has 0 aliphatic carbocycles. The summed E-state index contributed by atoms with van der Waals surface area (Å²) in [5, 5.41) is 8.56. The van der Waals surface area contributed by atoms with Crippen LogP contribution in [0.3, 0.4) is 0 Å². The van der Waals surface area contributed by atoms with Gasteiger partial charge in [-0.1, -0.05) is 64.2 Å². The third-order valence-corrected chi connectivity index (χ3v) is 4.16. The Balaban J connectivity index is 3.81. The van der Waals surface area contributed by atoms with Crippen molar-refractivity contribution in [1.82, 2.24) is 0 Å². The summed E-state index contributed by atoms with van der Waals surface area (Å²) < 4.78 is 5.41. The highest BCUT2D eigenvalue weighted by Crippen LogP contribution is 2.13. The number of esters is 1. The number of hydrogen-bond donors (Lipinski definition) is 1. The third kappa shape index (κ3) is 17.0. The molecule has 0 heterocycles. The van der Waals surface area contributed by atoms with Gasteiger partial charge < -0.3 is 9.84 Å². The van der Waals surface area contributed by atoms with Gasteiger partial charge in [0, 0.05) is 18.9 Å². The number of unbranched alkanes of at least 4 members (excludes halogenated alkanes) is 8. The molecule has 4 heteroatoms. The first-order valence-electron chi connectivity index (χ1n) is 9.80. The van der Waals surface area contributed by atoms with Gasteiger partial charge in [-0.25, -0.2) is 4.79 Å². The Labute approximate surface area is 153 Å². The molecule has 1 atom stereocenters. The Morgan fingerprint density at radius 1 is 1.00 bits per heavy atom. The number of allylic oxidation sites excluding steroid dienone is 1. The average Bonchev–Trinajstić information content (AvgIpc) is 2.59. The molecule has 0 saturated heterocycles. The Bertz CT molecular complexity index is 387. The molecule has 1 N–H and O–H groups in total. The quantitative estimate of drug-likeness (QED) is 0.155. The molecule has 0 saturated carbocycles. The van der Waals surface area contributed by atoms with Gasteiger partial charge in [0.05, 0.1) is 0 Å². The summed E-state index contributed by atoms with van der Waals surface area (Å²) in [5.41, 5.74) is 0. The van der Waals surface area contributed by atoms with Gasteiger partial charge in [0.15, 0.2) is 0 Å². The molecule has 25 heavy (non-hydrogen) atoms. The van der Waals surface area contributed by atoms with E-state index in [9.17, 15) is 9.59 Å². The number of carbonyl (C=O) groups is 2. The summed E-state index contributed by atoms with van der Waals surface area (Å²) in [7, 11) is 0. The minimum Gasteiger partial charge on any atom is -0.481 e. The molecule has 0 aromatic rings. The molecule has 0 radical (unpaired) electrons. The fraction of sp³-hybridized carbons (Fsp3) is 0.714. The van der Waals surface area contributed by atoms with E-state index in [0.717, 1.165) is 57.8 Å². The molecule has 0 rings (SSSR count). The fourth-order valence-electron chi connectivity index (χ4n) is 2.67. The molecule has 144 valence electrons. The van der Waals surface area contributed by atoms with Gasteiger partial charge in [0.25, 0.3) is 0 Å². The lowest BCUT2D eigenvalue weighted by Gasteiger charge is -2.15. The molecule has 0 fully saturated rings. The zero-order chi connectivity index (χ0) is 18.8. The Hall–Kier alpha value is -1.58. The molecule has 4 nitrogen and oxygen atoms in total. The lowest BCUT2D eigenvalue weighted by molar-refractivity contribution is -0.143. The lowest BCUT2D eigenvalue weighted by atomic mass is 10.1. The predicted molar refractivity (Wildman–Crippen MR) is 103 cm³/mol. The monoisotopic (exact) mass is 352 g/mol. The molecule has 1 unspecified atom stereocenters. The maximum absolute atomic E-state index is 11.4. The molecule has 0 aliphatic heterocycles. The molecule has 0 aromatic heterocycles. The summed E-state index contributed by atoms with van der Waals surface area (Å²) >= 11 is 0. The van der Waals surface area contributed by atoms with Gasteiger partial charge in [-0.05, 0) is 32.1 Å². The smallest absolute Gasteiger partial charge is 0.330 e. The van der Waals surface area contributed by atoms with Crippen LogP contribution in [-0.2, 0) is 14.3 Å². The van der Waals surface area contributed by atoms with Crippen molar-refractivity contribution in [2.24, 2.45) is 0 Å². The Kier molecular flexibility index (Phi) is 16.2. The van der Waals surface area contributed by atoms with Crippen molar-refractivity contribution in [2.75, 3.05) is 0 Å². The van der Waals surface area contributed by atoms with Gasteiger partial charge >= 0.3 is 11.9 Å². The summed E-state index contributed by atoms with van der Waals surface area (Å²) in [6.07, 6.45) is 18.3. The zero-order valence-corrected chi connectivity index (χ0v) is 15.9. The number of carboxylic acid groups (broad SMARTS) is 1. The van der Waals surface area contributed by atoms with Crippen molar-refractivity contribution in [3.8, 4) is 0 Å². The summed E-state index contributed by atoms with van der Waals surface area (Å²) in [4.78, 5) is 21.8. The van der Waals surface area contributed by atoms with Gasteiger partial charge in [-0.2, -0.15) is 0 Å². The molecule has 0 bridgehead atoms. The topological polar surface area (TPSA) is 63.6 Å². The second-order valence-electron chi connectivity index (χ2n) is 6.52. The number of carboxylic acids is 1. The van der Waals surface area contributed by atoms with Crippen LogP contribution < -0.4 is 0 Å². The minimum absolute atomic E-state index is 0.0466. The fourth-order valence-corrected chi connectivity index (χ4v) is 2.67. The second-order valence-corrected chi connectivity index (χ2v) is 6.52. The van der Waals surface area contributed by atoms with Crippen molar-refractivity contribution >= 4 is 11.9 Å². The maximum atomic E-state index is 11.4. The van der Waals surface area contributed by atoms with E-state index in [1.807, 2.05) is 0 Å². The number of aliphatic carboxylic acids is 1. The van der Waals surface area contributed by atoms with Gasteiger partial charge in [-0.3, -0.25) is 4.79 Å². The number of carbonyl (C=O) groups excluding carboxylic acids is 1. The van der Waals surface area contributed by atoms with E-state index in [0.29, 0.717) is 0 Å². The summed E-state index contributed by atoms with van der Waals surface area (Å²) in [5.74, 6) is -1.04. The van der Waals surface area contributed by atoms with Crippen LogP contribution in [0.2, 0.25) is 0 Å². The first-order valence-corrected chi connectivity index (χ1v) is 9.80.